The van der Waals surface area contributed by atoms with Gasteiger partial charge >= 0.3 is 6.09 Å². The third kappa shape index (κ3) is 2.76. The van der Waals surface area contributed by atoms with Crippen molar-refractivity contribution in [1.82, 2.24) is 15.1 Å². The molecule has 5 nitrogen and oxygen atoms in total. The van der Waals surface area contributed by atoms with Crippen molar-refractivity contribution in [3.05, 3.63) is 17.5 Å². The number of hydrogen-bond donors (Lipinski definition) is 1. The monoisotopic (exact) mass is 197 g/mol. The lowest BCUT2D eigenvalue weighted by Crippen LogP contribution is -2.23. The maximum atomic E-state index is 11.0. The van der Waals surface area contributed by atoms with Crippen molar-refractivity contribution in [2.75, 3.05) is 6.61 Å². The Morgan fingerprint density at radius 2 is 2.43 bits per heavy atom. The van der Waals surface area contributed by atoms with Crippen LogP contribution in [0.15, 0.2) is 6.20 Å². The van der Waals surface area contributed by atoms with Gasteiger partial charge in [-0.3, -0.25) is 4.68 Å². The number of carbonyl (C=O) groups is 1. The van der Waals surface area contributed by atoms with E-state index in [2.05, 4.69) is 10.4 Å². The fourth-order valence-corrected chi connectivity index (χ4v) is 1.17. The van der Waals surface area contributed by atoms with Crippen molar-refractivity contribution in [3.63, 3.8) is 0 Å². The predicted molar refractivity (Wildman–Crippen MR) is 51.8 cm³/mol. The molecule has 0 aliphatic rings. The molecular weight excluding hydrogens is 182 g/mol. The molecule has 0 bridgehead atoms. The molecule has 1 N–H and O–H groups in total. The minimum atomic E-state index is -0.393. The molecule has 0 fully saturated rings. The third-order valence-electron chi connectivity index (χ3n) is 1.81. The highest BCUT2D eigenvalue weighted by Crippen LogP contribution is 2.03. The highest BCUT2D eigenvalue weighted by molar-refractivity contribution is 5.67. The highest BCUT2D eigenvalue weighted by Gasteiger charge is 2.05. The summed E-state index contributed by atoms with van der Waals surface area (Å²) < 4.78 is 6.45. The number of aryl methyl sites for hydroxylation is 2. The molecule has 1 aromatic heterocycles. The summed E-state index contributed by atoms with van der Waals surface area (Å²) in [5.74, 6) is 0. The molecule has 1 heterocycles. The number of nitrogens with one attached hydrogen (secondary N) is 1. The lowest BCUT2D eigenvalue weighted by atomic mass is 10.3. The van der Waals surface area contributed by atoms with E-state index in [4.69, 9.17) is 4.74 Å². The molecule has 0 aromatic carbocycles. The smallest absolute Gasteiger partial charge is 0.407 e. The van der Waals surface area contributed by atoms with Crippen LogP contribution >= 0.6 is 0 Å². The first kappa shape index (κ1) is 10.6. The summed E-state index contributed by atoms with van der Waals surface area (Å²) in [5.41, 5.74) is 1.92. The summed E-state index contributed by atoms with van der Waals surface area (Å²) in [6, 6.07) is 0. The molecule has 1 rings (SSSR count). The van der Waals surface area contributed by atoms with Crippen LogP contribution in [0.2, 0.25) is 0 Å². The Kier molecular flexibility index (Phi) is 3.50. The highest BCUT2D eigenvalue weighted by atomic mass is 16.5. The van der Waals surface area contributed by atoms with Gasteiger partial charge in [0.25, 0.3) is 0 Å². The van der Waals surface area contributed by atoms with Crippen LogP contribution in [0.1, 0.15) is 18.2 Å². The number of aromatic nitrogens is 2. The third-order valence-corrected chi connectivity index (χ3v) is 1.81. The van der Waals surface area contributed by atoms with Gasteiger partial charge < -0.3 is 10.1 Å². The van der Waals surface area contributed by atoms with Gasteiger partial charge in [0.2, 0.25) is 0 Å². The van der Waals surface area contributed by atoms with Crippen LogP contribution < -0.4 is 5.32 Å². The fraction of sp³-hybridized carbons (Fsp3) is 0.556. The van der Waals surface area contributed by atoms with E-state index in [1.54, 1.807) is 11.6 Å². The van der Waals surface area contributed by atoms with Crippen molar-refractivity contribution in [2.45, 2.75) is 20.4 Å². The minimum Gasteiger partial charge on any atom is -0.450 e. The summed E-state index contributed by atoms with van der Waals surface area (Å²) in [7, 11) is 1.85. The molecule has 0 atom stereocenters. The Morgan fingerprint density at radius 1 is 1.71 bits per heavy atom. The zero-order valence-corrected chi connectivity index (χ0v) is 8.70. The summed E-state index contributed by atoms with van der Waals surface area (Å²) >= 11 is 0. The topological polar surface area (TPSA) is 56.1 Å². The second-order valence-electron chi connectivity index (χ2n) is 2.99. The van der Waals surface area contributed by atoms with E-state index < -0.39 is 6.09 Å². The number of carbonyl (C=O) groups excluding carboxylic acids is 1. The van der Waals surface area contributed by atoms with Gasteiger partial charge in [0.1, 0.15) is 0 Å². The van der Waals surface area contributed by atoms with Crippen LogP contribution in [-0.4, -0.2) is 22.5 Å². The molecule has 0 saturated heterocycles. The van der Waals surface area contributed by atoms with Crippen LogP contribution in [0.4, 0.5) is 4.79 Å². The minimum absolute atomic E-state index is 0.387. The van der Waals surface area contributed by atoms with Crippen molar-refractivity contribution in [1.29, 1.82) is 0 Å². The van der Waals surface area contributed by atoms with Crippen LogP contribution in [-0.2, 0) is 18.3 Å². The lowest BCUT2D eigenvalue weighted by Gasteiger charge is -2.03. The molecule has 1 amide bonds. The molecule has 1 aromatic rings. The zero-order valence-electron chi connectivity index (χ0n) is 8.70. The number of hydrogen-bond acceptors (Lipinski definition) is 3. The second kappa shape index (κ2) is 4.64. The molecular formula is C9H15N3O2. The summed E-state index contributed by atoms with van der Waals surface area (Å²) in [6.45, 7) is 4.52. The number of alkyl carbamates (subject to hydrolysis) is 1. The number of ether oxygens (including phenoxy) is 1. The van der Waals surface area contributed by atoms with Gasteiger partial charge in [-0.25, -0.2) is 4.79 Å². The van der Waals surface area contributed by atoms with Crippen LogP contribution in [0.5, 0.6) is 0 Å². The lowest BCUT2D eigenvalue weighted by molar-refractivity contribution is 0.151. The Morgan fingerprint density at radius 3 is 2.93 bits per heavy atom. The van der Waals surface area contributed by atoms with E-state index in [9.17, 15) is 4.79 Å². The van der Waals surface area contributed by atoms with Gasteiger partial charge in [-0.1, -0.05) is 0 Å². The SMILES string of the molecule is CCOC(=O)NCc1cn(C)nc1C. The van der Waals surface area contributed by atoms with Crippen molar-refractivity contribution >= 4 is 6.09 Å². The van der Waals surface area contributed by atoms with Gasteiger partial charge in [-0.05, 0) is 13.8 Å². The van der Waals surface area contributed by atoms with Crippen LogP contribution in [0.25, 0.3) is 0 Å². The number of amides is 1. The summed E-state index contributed by atoms with van der Waals surface area (Å²) in [6.07, 6.45) is 1.48. The molecule has 0 aliphatic heterocycles. The molecule has 0 unspecified atom stereocenters. The zero-order chi connectivity index (χ0) is 10.6. The first-order chi connectivity index (χ1) is 6.63. The predicted octanol–water partition coefficient (Wildman–Crippen LogP) is 0.975. The normalized spacial score (nSPS) is 9.93. The average Bonchev–Trinajstić information content (AvgIpc) is 2.42. The van der Waals surface area contributed by atoms with E-state index in [0.717, 1.165) is 11.3 Å². The number of rotatable bonds is 3. The largest absolute Gasteiger partial charge is 0.450 e. The maximum absolute atomic E-state index is 11.0. The van der Waals surface area contributed by atoms with E-state index in [1.807, 2.05) is 20.2 Å². The van der Waals surface area contributed by atoms with E-state index in [0.29, 0.717) is 13.2 Å². The van der Waals surface area contributed by atoms with Gasteiger partial charge in [0.15, 0.2) is 0 Å². The van der Waals surface area contributed by atoms with Crippen LogP contribution in [0.3, 0.4) is 0 Å². The van der Waals surface area contributed by atoms with Gasteiger partial charge in [0.05, 0.1) is 12.3 Å². The Balaban J connectivity index is 2.45. The van der Waals surface area contributed by atoms with Gasteiger partial charge in [0, 0.05) is 25.4 Å². The summed E-state index contributed by atoms with van der Waals surface area (Å²) in [4.78, 5) is 11.0. The van der Waals surface area contributed by atoms with Gasteiger partial charge in [-0.2, -0.15) is 5.10 Å². The molecule has 78 valence electrons. The number of nitrogens with zero attached hydrogens (tertiary/aromatic N) is 2. The molecule has 0 radical (unpaired) electrons. The van der Waals surface area contributed by atoms with Crippen LogP contribution in [0, 0.1) is 6.92 Å². The van der Waals surface area contributed by atoms with E-state index in [-0.39, 0.29) is 0 Å². The first-order valence-corrected chi connectivity index (χ1v) is 4.53. The first-order valence-electron chi connectivity index (χ1n) is 4.53. The standard InChI is InChI=1S/C9H15N3O2/c1-4-14-9(13)10-5-8-6-12(3)11-7(8)2/h6H,4-5H2,1-3H3,(H,10,13). The van der Waals surface area contributed by atoms with Crippen molar-refractivity contribution in [2.24, 2.45) is 7.05 Å². The molecule has 14 heavy (non-hydrogen) atoms. The van der Waals surface area contributed by atoms with E-state index >= 15 is 0 Å². The Labute approximate surface area is 83.1 Å². The maximum Gasteiger partial charge on any atom is 0.407 e. The van der Waals surface area contributed by atoms with Crippen molar-refractivity contribution < 1.29 is 9.53 Å². The molecule has 5 heteroatoms. The van der Waals surface area contributed by atoms with Crippen molar-refractivity contribution in [3.8, 4) is 0 Å². The molecule has 0 spiro atoms. The summed E-state index contributed by atoms with van der Waals surface area (Å²) in [5, 5.41) is 6.80. The average molecular weight is 197 g/mol. The molecule has 0 saturated carbocycles. The Bertz CT molecular complexity index is 320. The molecule has 0 aliphatic carbocycles. The second-order valence-corrected chi connectivity index (χ2v) is 2.99. The van der Waals surface area contributed by atoms with Gasteiger partial charge in [-0.15, -0.1) is 0 Å². The fourth-order valence-electron chi connectivity index (χ4n) is 1.17. The Hall–Kier alpha value is -1.52. The van der Waals surface area contributed by atoms with E-state index in [1.165, 1.54) is 0 Å². The quantitative estimate of drug-likeness (QED) is 0.785.